The van der Waals surface area contributed by atoms with Crippen LogP contribution in [0.1, 0.15) is 85.5 Å². The Labute approximate surface area is 166 Å². The van der Waals surface area contributed by atoms with E-state index < -0.39 is 0 Å². The normalized spacial score (nSPS) is 9.78. The molecule has 1 amide bonds. The van der Waals surface area contributed by atoms with Crippen molar-refractivity contribution in [2.45, 2.75) is 85.5 Å². The van der Waals surface area contributed by atoms with E-state index >= 15 is 0 Å². The molecule has 0 heterocycles. The van der Waals surface area contributed by atoms with Crippen LogP contribution in [0.3, 0.4) is 0 Å². The van der Waals surface area contributed by atoms with E-state index in [1.54, 1.807) is 0 Å². The predicted octanol–water partition coefficient (Wildman–Crippen LogP) is 6.65. The molecule has 0 saturated heterocycles. The van der Waals surface area contributed by atoms with Gasteiger partial charge in [0.1, 0.15) is 5.75 Å². The molecule has 27 heavy (non-hydrogen) atoms. The van der Waals surface area contributed by atoms with Crippen LogP contribution in [-0.4, -0.2) is 25.3 Å². The third kappa shape index (κ3) is 17.3. The summed E-state index contributed by atoms with van der Waals surface area (Å²) in [6.45, 7) is 9.99. The minimum Gasteiger partial charge on any atom is -0.494 e. The minimum absolute atomic E-state index is 0.679. The highest BCUT2D eigenvalue weighted by atomic mass is 16.5. The first-order valence-corrected chi connectivity index (χ1v) is 10.5. The summed E-state index contributed by atoms with van der Waals surface area (Å²) in [7, 11) is 0. The molecule has 154 valence electrons. The molecular formula is C23H40N2O2. The second-order valence-electron chi connectivity index (χ2n) is 6.89. The average Bonchev–Trinajstić information content (AvgIpc) is 2.65. The largest absolute Gasteiger partial charge is 0.494 e. The summed E-state index contributed by atoms with van der Waals surface area (Å²) in [5.74, 6) is 0.867. The molecule has 0 unspecified atom stereocenters. The third-order valence-electron chi connectivity index (χ3n) is 4.07. The van der Waals surface area contributed by atoms with Crippen LogP contribution in [0, 0.1) is 0 Å². The van der Waals surface area contributed by atoms with Gasteiger partial charge in [-0.2, -0.15) is 0 Å². The highest BCUT2D eigenvalue weighted by Crippen LogP contribution is 2.16. The second-order valence-corrected chi connectivity index (χ2v) is 6.89. The van der Waals surface area contributed by atoms with Gasteiger partial charge in [-0.25, -0.2) is 0 Å². The van der Waals surface area contributed by atoms with Gasteiger partial charge in [-0.3, -0.25) is 9.79 Å². The van der Waals surface area contributed by atoms with Gasteiger partial charge >= 0.3 is 0 Å². The van der Waals surface area contributed by atoms with E-state index in [1.165, 1.54) is 51.4 Å². The van der Waals surface area contributed by atoms with Gasteiger partial charge in [0.25, 0.3) is 0 Å². The number of rotatable bonds is 14. The molecule has 4 nitrogen and oxygen atoms in total. The summed E-state index contributed by atoms with van der Waals surface area (Å²) < 4.78 is 5.68. The first-order valence-electron chi connectivity index (χ1n) is 10.5. The van der Waals surface area contributed by atoms with Gasteiger partial charge in [-0.1, -0.05) is 58.3 Å². The third-order valence-corrected chi connectivity index (χ3v) is 4.07. The number of hydrogen-bond acceptors (Lipinski definition) is 3. The van der Waals surface area contributed by atoms with Crippen molar-refractivity contribution in [3.63, 3.8) is 0 Å². The summed E-state index contributed by atoms with van der Waals surface area (Å²) in [6, 6.07) is 7.47. The van der Waals surface area contributed by atoms with Crippen molar-refractivity contribution in [1.82, 2.24) is 0 Å². The molecule has 0 saturated carbocycles. The molecule has 1 N–H and O–H groups in total. The maximum Gasteiger partial charge on any atom is 0.211 e. The zero-order valence-electron chi connectivity index (χ0n) is 17.9. The number of anilines is 1. The van der Waals surface area contributed by atoms with Gasteiger partial charge in [-0.15, -0.1) is 0 Å². The highest BCUT2D eigenvalue weighted by molar-refractivity contribution is 5.78. The van der Waals surface area contributed by atoms with Crippen LogP contribution in [0.15, 0.2) is 29.3 Å². The van der Waals surface area contributed by atoms with Crippen LogP contribution in [0.5, 0.6) is 5.75 Å². The SMILES string of the molecule is CCCCCCCCCCCOc1ccc(NC=O)cc1.CCN=C(C)C. The molecule has 0 aliphatic rings. The van der Waals surface area contributed by atoms with Crippen molar-refractivity contribution in [3.8, 4) is 5.75 Å². The Hall–Kier alpha value is -1.84. The summed E-state index contributed by atoms with van der Waals surface area (Å²) in [6.07, 6.45) is 12.6. The Morgan fingerprint density at radius 3 is 1.93 bits per heavy atom. The first kappa shape index (κ1) is 25.2. The number of nitrogens with one attached hydrogen (secondary N) is 1. The lowest BCUT2D eigenvalue weighted by atomic mass is 10.1. The van der Waals surface area contributed by atoms with Crippen LogP contribution < -0.4 is 10.1 Å². The molecule has 0 aliphatic carbocycles. The quantitative estimate of drug-likeness (QED) is 0.224. The van der Waals surface area contributed by atoms with Gasteiger partial charge in [0.15, 0.2) is 0 Å². The topological polar surface area (TPSA) is 50.7 Å². The molecule has 0 atom stereocenters. The summed E-state index contributed by atoms with van der Waals surface area (Å²) in [5, 5.41) is 2.61. The van der Waals surface area contributed by atoms with Gasteiger partial charge < -0.3 is 10.1 Å². The molecule has 4 heteroatoms. The van der Waals surface area contributed by atoms with Gasteiger partial charge in [0, 0.05) is 17.9 Å². The first-order chi connectivity index (χ1) is 13.1. The highest BCUT2D eigenvalue weighted by Gasteiger charge is 1.96. The standard InChI is InChI=1S/C18H29NO2.C5H11N/c1-2-3-4-5-6-7-8-9-10-15-21-18-13-11-17(12-14-18)19-16-20;1-4-6-5(2)3/h11-14,16H,2-10,15H2,1H3,(H,19,20);4H2,1-3H3. The van der Waals surface area contributed by atoms with E-state index in [2.05, 4.69) is 17.2 Å². The zero-order chi connectivity index (χ0) is 20.2. The maximum absolute atomic E-state index is 10.3. The lowest BCUT2D eigenvalue weighted by molar-refractivity contribution is -0.105. The smallest absolute Gasteiger partial charge is 0.211 e. The molecule has 0 fully saturated rings. The number of benzene rings is 1. The fourth-order valence-corrected chi connectivity index (χ4v) is 2.63. The zero-order valence-corrected chi connectivity index (χ0v) is 17.9. The molecular weight excluding hydrogens is 336 g/mol. The van der Waals surface area contributed by atoms with E-state index in [0.29, 0.717) is 6.41 Å². The summed E-state index contributed by atoms with van der Waals surface area (Å²) in [5.41, 5.74) is 1.96. The molecule has 1 rings (SSSR count). The molecule has 0 aromatic heterocycles. The second kappa shape index (κ2) is 18.9. The molecule has 0 aliphatic heterocycles. The Bertz CT molecular complexity index is 480. The van der Waals surface area contributed by atoms with Crippen LogP contribution in [0.25, 0.3) is 0 Å². The minimum atomic E-state index is 0.679. The van der Waals surface area contributed by atoms with Crippen molar-refractivity contribution < 1.29 is 9.53 Å². The maximum atomic E-state index is 10.3. The van der Waals surface area contributed by atoms with Gasteiger partial charge in [0.2, 0.25) is 6.41 Å². The molecule has 1 aromatic rings. The Balaban J connectivity index is 0.000000972. The van der Waals surface area contributed by atoms with Crippen molar-refractivity contribution in [2.75, 3.05) is 18.5 Å². The lowest BCUT2D eigenvalue weighted by Crippen LogP contribution is -1.98. The van der Waals surface area contributed by atoms with Crippen molar-refractivity contribution >= 4 is 17.8 Å². The van der Waals surface area contributed by atoms with E-state index in [0.717, 1.165) is 36.7 Å². The van der Waals surface area contributed by atoms with E-state index in [9.17, 15) is 4.79 Å². The van der Waals surface area contributed by atoms with Gasteiger partial charge in [-0.05, 0) is 51.5 Å². The predicted molar refractivity (Wildman–Crippen MR) is 118 cm³/mol. The molecule has 1 aromatic carbocycles. The Morgan fingerprint density at radius 2 is 1.48 bits per heavy atom. The number of carbonyl (C=O) groups excluding carboxylic acids is 1. The van der Waals surface area contributed by atoms with E-state index in [1.807, 2.05) is 45.0 Å². The van der Waals surface area contributed by atoms with Crippen molar-refractivity contribution in [3.05, 3.63) is 24.3 Å². The van der Waals surface area contributed by atoms with Crippen LogP contribution in [0.2, 0.25) is 0 Å². The van der Waals surface area contributed by atoms with E-state index in [-0.39, 0.29) is 0 Å². The van der Waals surface area contributed by atoms with Crippen molar-refractivity contribution in [2.24, 2.45) is 4.99 Å². The summed E-state index contributed by atoms with van der Waals surface area (Å²) >= 11 is 0. The number of nitrogens with zero attached hydrogens (tertiary/aromatic N) is 1. The van der Waals surface area contributed by atoms with E-state index in [4.69, 9.17) is 4.74 Å². The Morgan fingerprint density at radius 1 is 0.926 bits per heavy atom. The molecule has 0 spiro atoms. The fourth-order valence-electron chi connectivity index (χ4n) is 2.63. The molecule has 0 radical (unpaired) electrons. The van der Waals surface area contributed by atoms with Crippen LogP contribution >= 0.6 is 0 Å². The number of hydrogen-bond donors (Lipinski definition) is 1. The lowest BCUT2D eigenvalue weighted by Gasteiger charge is -2.07. The van der Waals surface area contributed by atoms with Crippen LogP contribution in [-0.2, 0) is 4.79 Å². The Kier molecular flexibility index (Phi) is 17.6. The number of unbranched alkanes of at least 4 members (excludes halogenated alkanes) is 8. The average molecular weight is 377 g/mol. The number of amides is 1. The molecule has 0 bridgehead atoms. The van der Waals surface area contributed by atoms with Crippen LogP contribution in [0.4, 0.5) is 5.69 Å². The number of ether oxygens (including phenoxy) is 1. The summed E-state index contributed by atoms with van der Waals surface area (Å²) in [4.78, 5) is 14.3. The monoisotopic (exact) mass is 376 g/mol. The van der Waals surface area contributed by atoms with Crippen molar-refractivity contribution in [1.29, 1.82) is 0 Å². The fraction of sp³-hybridized carbons (Fsp3) is 0.652. The number of carbonyl (C=O) groups is 1. The van der Waals surface area contributed by atoms with Gasteiger partial charge in [0.05, 0.1) is 6.61 Å². The number of aliphatic imine (C=N–C) groups is 1.